The summed E-state index contributed by atoms with van der Waals surface area (Å²) in [5.74, 6) is 2.39. The Morgan fingerprint density at radius 2 is 1.48 bits per heavy atom. The molecular weight excluding hydrogens is 296 g/mol. The van der Waals surface area contributed by atoms with Gasteiger partial charge in [-0.3, -0.25) is 0 Å². The summed E-state index contributed by atoms with van der Waals surface area (Å²) in [5.41, 5.74) is 3.46. The van der Waals surface area contributed by atoms with Crippen molar-refractivity contribution in [2.75, 3.05) is 0 Å². The molecule has 0 aromatic heterocycles. The van der Waals surface area contributed by atoms with Gasteiger partial charge in [-0.15, -0.1) is 0 Å². The zero-order chi connectivity index (χ0) is 16.2. The average molecular weight is 327 g/mol. The number of thioether (sulfide) groups is 2. The fourth-order valence-electron chi connectivity index (χ4n) is 2.04. The Balaban J connectivity index is 3.12. The first-order chi connectivity index (χ1) is 9.61. The van der Waals surface area contributed by atoms with Crippen LogP contribution in [-0.4, -0.2) is 15.6 Å². The topological polar surface area (TPSA) is 20.2 Å². The van der Waals surface area contributed by atoms with Gasteiger partial charge >= 0.3 is 0 Å². The van der Waals surface area contributed by atoms with E-state index in [2.05, 4.69) is 60.6 Å². The zero-order valence-corrected chi connectivity index (χ0v) is 16.1. The van der Waals surface area contributed by atoms with Gasteiger partial charge in [-0.25, -0.2) is 0 Å². The molecule has 21 heavy (non-hydrogen) atoms. The zero-order valence-electron chi connectivity index (χ0n) is 14.5. The van der Waals surface area contributed by atoms with Gasteiger partial charge in [0.05, 0.1) is 0 Å². The lowest BCUT2D eigenvalue weighted by Gasteiger charge is -2.24. The molecule has 0 fully saturated rings. The van der Waals surface area contributed by atoms with Crippen LogP contribution in [0.4, 0.5) is 0 Å². The molecule has 1 nitrogen and oxygen atoms in total. The van der Waals surface area contributed by atoms with Gasteiger partial charge in [0.25, 0.3) is 0 Å². The highest BCUT2D eigenvalue weighted by Gasteiger charge is 2.21. The Kier molecular flexibility index (Phi) is 6.99. The first-order valence-electron chi connectivity index (χ1n) is 7.69. The van der Waals surface area contributed by atoms with Gasteiger partial charge in [-0.1, -0.05) is 60.6 Å². The van der Waals surface area contributed by atoms with Gasteiger partial charge < -0.3 is 5.11 Å². The molecule has 0 spiro atoms. The minimum absolute atomic E-state index is 0.0279. The van der Waals surface area contributed by atoms with Crippen LogP contribution >= 0.6 is 23.5 Å². The van der Waals surface area contributed by atoms with Crippen LogP contribution in [0, 0.1) is 0 Å². The van der Waals surface area contributed by atoms with E-state index in [1.807, 2.05) is 23.5 Å². The minimum Gasteiger partial charge on any atom is -0.507 e. The van der Waals surface area contributed by atoms with Crippen LogP contribution in [0.15, 0.2) is 12.1 Å². The number of rotatable bonds is 6. The Morgan fingerprint density at radius 1 is 0.952 bits per heavy atom. The summed E-state index contributed by atoms with van der Waals surface area (Å²) in [6.07, 6.45) is 0. The third kappa shape index (κ3) is 6.15. The summed E-state index contributed by atoms with van der Waals surface area (Å²) in [7, 11) is 0. The van der Waals surface area contributed by atoms with Crippen LogP contribution in [0.2, 0.25) is 0 Å². The summed E-state index contributed by atoms with van der Waals surface area (Å²) < 4.78 is 0. The first kappa shape index (κ1) is 18.8. The second-order valence-corrected chi connectivity index (χ2v) is 10.3. The molecule has 0 aliphatic carbocycles. The molecule has 3 heteroatoms. The summed E-state index contributed by atoms with van der Waals surface area (Å²) in [4.78, 5) is 0. The van der Waals surface area contributed by atoms with E-state index in [0.717, 1.165) is 22.6 Å². The first-order valence-corrected chi connectivity index (χ1v) is 9.79. The molecule has 0 saturated heterocycles. The minimum atomic E-state index is -0.0279. The van der Waals surface area contributed by atoms with Crippen molar-refractivity contribution in [1.29, 1.82) is 0 Å². The van der Waals surface area contributed by atoms with Crippen LogP contribution in [-0.2, 0) is 16.9 Å². The van der Waals surface area contributed by atoms with Crippen LogP contribution in [0.5, 0.6) is 5.75 Å². The average Bonchev–Trinajstić information content (AvgIpc) is 2.34. The Labute approximate surface area is 139 Å². The van der Waals surface area contributed by atoms with Gasteiger partial charge in [0.15, 0.2) is 0 Å². The summed E-state index contributed by atoms with van der Waals surface area (Å²) in [6.45, 7) is 15.4. The largest absolute Gasteiger partial charge is 0.507 e. The number of benzene rings is 1. The normalized spacial score (nSPS) is 12.4. The fourth-order valence-corrected chi connectivity index (χ4v) is 3.47. The summed E-state index contributed by atoms with van der Waals surface area (Å²) >= 11 is 3.84. The highest BCUT2D eigenvalue weighted by Crippen LogP contribution is 2.37. The van der Waals surface area contributed by atoms with E-state index in [0.29, 0.717) is 16.2 Å². The SMILES string of the molecule is CC(C)SCc1cc(CSC(C)C)c(O)c(C(C)(C)C)c1. The van der Waals surface area contributed by atoms with Gasteiger partial charge in [0.1, 0.15) is 5.75 Å². The summed E-state index contributed by atoms with van der Waals surface area (Å²) in [6, 6.07) is 4.38. The van der Waals surface area contributed by atoms with Crippen molar-refractivity contribution in [3.63, 3.8) is 0 Å². The molecule has 0 radical (unpaired) electrons. The summed E-state index contributed by atoms with van der Waals surface area (Å²) in [5, 5.41) is 11.8. The molecule has 1 aromatic carbocycles. The Bertz CT molecular complexity index is 459. The van der Waals surface area contributed by atoms with E-state index in [1.54, 1.807) is 0 Å². The molecule has 0 aliphatic rings. The predicted octanol–water partition coefficient (Wildman–Crippen LogP) is 5.97. The molecule has 0 atom stereocenters. The number of hydrogen-bond donors (Lipinski definition) is 1. The third-order valence-electron chi connectivity index (χ3n) is 3.21. The number of aromatic hydroxyl groups is 1. The van der Waals surface area contributed by atoms with Crippen LogP contribution < -0.4 is 0 Å². The standard InChI is InChI=1S/C18H30OS2/c1-12(2)20-10-14-8-15(11-21-13(3)4)17(19)16(9-14)18(5,6)7/h8-9,12-13,19H,10-11H2,1-7H3. The second-order valence-electron chi connectivity index (χ2n) is 7.12. The highest BCUT2D eigenvalue weighted by molar-refractivity contribution is 7.99. The lowest BCUT2D eigenvalue weighted by molar-refractivity contribution is 0.442. The maximum Gasteiger partial charge on any atom is 0.123 e. The smallest absolute Gasteiger partial charge is 0.123 e. The maximum atomic E-state index is 10.6. The molecule has 0 aliphatic heterocycles. The van der Waals surface area contributed by atoms with E-state index >= 15 is 0 Å². The highest BCUT2D eigenvalue weighted by atomic mass is 32.2. The van der Waals surface area contributed by atoms with Gasteiger partial charge in [0.2, 0.25) is 0 Å². The lowest BCUT2D eigenvalue weighted by Crippen LogP contribution is -2.13. The number of phenols is 1. The molecular formula is C18H30OS2. The van der Waals surface area contributed by atoms with Crippen molar-refractivity contribution < 1.29 is 5.11 Å². The molecule has 0 bridgehead atoms. The molecule has 120 valence electrons. The van der Waals surface area contributed by atoms with Crippen molar-refractivity contribution in [1.82, 2.24) is 0 Å². The van der Waals surface area contributed by atoms with Gasteiger partial charge in [0, 0.05) is 17.1 Å². The van der Waals surface area contributed by atoms with Crippen LogP contribution in [0.3, 0.4) is 0 Å². The van der Waals surface area contributed by atoms with E-state index < -0.39 is 0 Å². The van der Waals surface area contributed by atoms with Crippen LogP contribution in [0.25, 0.3) is 0 Å². The molecule has 0 amide bonds. The van der Waals surface area contributed by atoms with Gasteiger partial charge in [-0.05, 0) is 27.0 Å². The number of hydrogen-bond acceptors (Lipinski definition) is 3. The maximum absolute atomic E-state index is 10.6. The molecule has 1 rings (SSSR count). The number of phenolic OH excluding ortho intramolecular Hbond substituents is 1. The van der Waals surface area contributed by atoms with Crippen molar-refractivity contribution in [3.8, 4) is 5.75 Å². The van der Waals surface area contributed by atoms with Gasteiger partial charge in [-0.2, -0.15) is 23.5 Å². The Hall–Kier alpha value is -0.280. The molecule has 0 heterocycles. The monoisotopic (exact) mass is 326 g/mol. The quantitative estimate of drug-likeness (QED) is 0.695. The van der Waals surface area contributed by atoms with Crippen molar-refractivity contribution in [2.45, 2.75) is 75.9 Å². The third-order valence-corrected chi connectivity index (χ3v) is 5.52. The molecule has 1 aromatic rings. The van der Waals surface area contributed by atoms with E-state index in [1.165, 1.54) is 5.56 Å². The second kappa shape index (κ2) is 7.82. The van der Waals surface area contributed by atoms with Crippen LogP contribution in [0.1, 0.15) is 65.2 Å². The van der Waals surface area contributed by atoms with Crippen molar-refractivity contribution in [2.24, 2.45) is 0 Å². The van der Waals surface area contributed by atoms with E-state index in [-0.39, 0.29) is 5.41 Å². The lowest BCUT2D eigenvalue weighted by atomic mass is 9.84. The predicted molar refractivity (Wildman–Crippen MR) is 99.7 cm³/mol. The Morgan fingerprint density at radius 3 is 1.95 bits per heavy atom. The molecule has 1 N–H and O–H groups in total. The fraction of sp³-hybridized carbons (Fsp3) is 0.667. The van der Waals surface area contributed by atoms with E-state index in [9.17, 15) is 5.11 Å². The van der Waals surface area contributed by atoms with Crippen molar-refractivity contribution in [3.05, 3.63) is 28.8 Å². The molecule has 0 unspecified atom stereocenters. The van der Waals surface area contributed by atoms with E-state index in [4.69, 9.17) is 0 Å². The molecule has 0 saturated carbocycles. The van der Waals surface area contributed by atoms with Crippen molar-refractivity contribution >= 4 is 23.5 Å².